The van der Waals surface area contributed by atoms with Gasteiger partial charge in [-0.25, -0.2) is 0 Å². The molecule has 0 atom stereocenters. The Bertz CT molecular complexity index is 592. The topological polar surface area (TPSA) is 43.4 Å². The van der Waals surface area contributed by atoms with Crippen molar-refractivity contribution in [2.24, 2.45) is 0 Å². The van der Waals surface area contributed by atoms with Crippen LogP contribution in [-0.2, 0) is 9.59 Å². The van der Waals surface area contributed by atoms with Gasteiger partial charge >= 0.3 is 0 Å². The summed E-state index contributed by atoms with van der Waals surface area (Å²) < 4.78 is 6.03. The van der Waals surface area contributed by atoms with Crippen LogP contribution in [0.3, 0.4) is 0 Å². The molecular weight excluding hydrogens is 360 g/mol. The highest BCUT2D eigenvalue weighted by atomic mass is 16.5. The Kier molecular flexibility index (Phi) is 11.7. The third kappa shape index (κ3) is 9.60. The number of ether oxygens (including phenoxy) is 1. The summed E-state index contributed by atoms with van der Waals surface area (Å²) in [5.41, 5.74) is 1.02. The van der Waals surface area contributed by atoms with E-state index in [0.29, 0.717) is 19.4 Å². The molecule has 1 aliphatic rings. The van der Waals surface area contributed by atoms with E-state index in [4.69, 9.17) is 4.74 Å². The van der Waals surface area contributed by atoms with Gasteiger partial charge in [0.25, 0.3) is 0 Å². The van der Waals surface area contributed by atoms with E-state index < -0.39 is 0 Å². The molecule has 0 heterocycles. The number of unbranched alkanes of at least 4 members (excludes halogenated alkanes) is 11. The van der Waals surface area contributed by atoms with Gasteiger partial charge < -0.3 is 4.74 Å². The van der Waals surface area contributed by atoms with E-state index in [-0.39, 0.29) is 23.9 Å². The molecule has 1 saturated carbocycles. The molecule has 0 bridgehead atoms. The Hall–Kier alpha value is -1.64. The molecule has 1 fully saturated rings. The minimum atomic E-state index is -0.0121. The number of hydrogen-bond donors (Lipinski definition) is 0. The first-order valence-corrected chi connectivity index (χ1v) is 12.0. The molecule has 0 saturated heterocycles. The van der Waals surface area contributed by atoms with Crippen molar-refractivity contribution >= 4 is 11.6 Å². The summed E-state index contributed by atoms with van der Waals surface area (Å²) in [6, 6.07) is 7.91. The highest BCUT2D eigenvalue weighted by Crippen LogP contribution is 2.35. The molecular formula is C26H40O3. The summed E-state index contributed by atoms with van der Waals surface area (Å²) in [6.45, 7) is 2.98. The molecule has 3 nitrogen and oxygen atoms in total. The van der Waals surface area contributed by atoms with Gasteiger partial charge in [-0.3, -0.25) is 9.59 Å². The van der Waals surface area contributed by atoms with Gasteiger partial charge in [-0.2, -0.15) is 0 Å². The molecule has 1 aromatic carbocycles. The molecule has 29 heavy (non-hydrogen) atoms. The van der Waals surface area contributed by atoms with Crippen LogP contribution in [0, 0.1) is 0 Å². The van der Waals surface area contributed by atoms with E-state index >= 15 is 0 Å². The normalized spacial score (nSPS) is 15.1. The van der Waals surface area contributed by atoms with Crippen LogP contribution in [0.2, 0.25) is 0 Å². The van der Waals surface area contributed by atoms with Gasteiger partial charge in [-0.1, -0.05) is 95.8 Å². The van der Waals surface area contributed by atoms with E-state index in [9.17, 15) is 9.59 Å². The van der Waals surface area contributed by atoms with Gasteiger partial charge in [0.1, 0.15) is 17.3 Å². The second-order valence-corrected chi connectivity index (χ2v) is 8.63. The molecule has 3 heteroatoms. The predicted molar refractivity (Wildman–Crippen MR) is 120 cm³/mol. The number of ketones is 2. The fraction of sp³-hybridized carbons (Fsp3) is 0.692. The predicted octanol–water partition coefficient (Wildman–Crippen LogP) is 7.17. The first kappa shape index (κ1) is 23.6. The van der Waals surface area contributed by atoms with Crippen LogP contribution in [0.1, 0.15) is 115 Å². The molecule has 0 spiro atoms. The van der Waals surface area contributed by atoms with Crippen molar-refractivity contribution in [3.8, 4) is 5.75 Å². The Labute approximate surface area is 177 Å². The lowest BCUT2D eigenvalue weighted by molar-refractivity contribution is -0.130. The molecule has 1 aromatic rings. The summed E-state index contributed by atoms with van der Waals surface area (Å²) in [5, 5.41) is 0. The minimum Gasteiger partial charge on any atom is -0.493 e. The number of carbonyl (C=O) groups is 2. The van der Waals surface area contributed by atoms with Gasteiger partial charge in [0.2, 0.25) is 0 Å². The lowest BCUT2D eigenvalue weighted by Gasteiger charge is -2.22. The summed E-state index contributed by atoms with van der Waals surface area (Å²) in [4.78, 5) is 23.6. The number of hydrogen-bond acceptors (Lipinski definition) is 3. The number of rotatable bonds is 15. The van der Waals surface area contributed by atoms with Gasteiger partial charge in [0.05, 0.1) is 13.0 Å². The van der Waals surface area contributed by atoms with Crippen molar-refractivity contribution in [2.75, 3.05) is 6.61 Å². The molecule has 0 aromatic heterocycles. The number of Topliss-reactive ketones (excluding diaryl/α,β-unsaturated/α-hetero) is 2. The van der Waals surface area contributed by atoms with E-state index in [0.717, 1.165) is 17.7 Å². The minimum absolute atomic E-state index is 0.0121. The number of benzene rings is 1. The summed E-state index contributed by atoms with van der Waals surface area (Å²) in [7, 11) is 0. The number of carbonyl (C=O) groups excluding carboxylic acids is 2. The fourth-order valence-electron chi connectivity index (χ4n) is 4.28. The van der Waals surface area contributed by atoms with Crippen LogP contribution >= 0.6 is 0 Å². The first-order chi connectivity index (χ1) is 14.2. The molecule has 1 aliphatic carbocycles. The van der Waals surface area contributed by atoms with Crippen molar-refractivity contribution < 1.29 is 14.3 Å². The van der Waals surface area contributed by atoms with Crippen LogP contribution < -0.4 is 4.74 Å². The third-order valence-corrected chi connectivity index (χ3v) is 5.96. The van der Waals surface area contributed by atoms with Gasteiger partial charge in [-0.15, -0.1) is 0 Å². The van der Waals surface area contributed by atoms with Crippen LogP contribution in [0.15, 0.2) is 24.3 Å². The van der Waals surface area contributed by atoms with Crippen LogP contribution in [0.25, 0.3) is 0 Å². The Morgan fingerprint density at radius 3 is 1.86 bits per heavy atom. The van der Waals surface area contributed by atoms with Gasteiger partial charge in [0, 0.05) is 18.8 Å². The highest BCUT2D eigenvalue weighted by molar-refractivity contribution is 6.02. The third-order valence-electron chi connectivity index (χ3n) is 5.96. The van der Waals surface area contributed by atoms with Crippen LogP contribution in [0.4, 0.5) is 0 Å². The molecule has 0 amide bonds. The Morgan fingerprint density at radius 2 is 1.28 bits per heavy atom. The second kappa shape index (κ2) is 14.4. The maximum Gasteiger partial charge on any atom is 0.140 e. The van der Waals surface area contributed by atoms with Gasteiger partial charge in [-0.05, 0) is 18.1 Å². The molecule has 0 aliphatic heterocycles. The zero-order valence-electron chi connectivity index (χ0n) is 18.4. The van der Waals surface area contributed by atoms with Crippen molar-refractivity contribution in [3.63, 3.8) is 0 Å². The molecule has 0 N–H and O–H groups in total. The van der Waals surface area contributed by atoms with Crippen molar-refractivity contribution in [1.29, 1.82) is 0 Å². The molecule has 2 rings (SSSR count). The number of para-hydroxylation sites is 1. The summed E-state index contributed by atoms with van der Waals surface area (Å²) in [6.07, 6.45) is 17.0. The van der Waals surface area contributed by atoms with E-state index in [1.54, 1.807) is 0 Å². The smallest absolute Gasteiger partial charge is 0.140 e. The molecule has 162 valence electrons. The zero-order chi connectivity index (χ0) is 20.7. The van der Waals surface area contributed by atoms with Crippen molar-refractivity contribution in [1.82, 2.24) is 0 Å². The quantitative estimate of drug-likeness (QED) is 0.231. The zero-order valence-corrected chi connectivity index (χ0v) is 18.4. The lowest BCUT2D eigenvalue weighted by Crippen LogP contribution is -2.21. The SMILES string of the molecule is CCCCCCCCCCCCCCOc1ccccc1C1CC(=O)CC(=O)C1. The largest absolute Gasteiger partial charge is 0.493 e. The van der Waals surface area contributed by atoms with Crippen LogP contribution in [0.5, 0.6) is 5.75 Å². The monoisotopic (exact) mass is 400 g/mol. The average molecular weight is 401 g/mol. The molecule has 0 radical (unpaired) electrons. The van der Waals surface area contributed by atoms with Gasteiger partial charge in [0.15, 0.2) is 0 Å². The van der Waals surface area contributed by atoms with Crippen LogP contribution in [-0.4, -0.2) is 18.2 Å². The van der Waals surface area contributed by atoms with E-state index in [1.807, 2.05) is 24.3 Å². The molecule has 0 unspecified atom stereocenters. The highest BCUT2D eigenvalue weighted by Gasteiger charge is 2.28. The van der Waals surface area contributed by atoms with Crippen molar-refractivity contribution in [2.45, 2.75) is 109 Å². The fourth-order valence-corrected chi connectivity index (χ4v) is 4.28. The van der Waals surface area contributed by atoms with Crippen molar-refractivity contribution in [3.05, 3.63) is 29.8 Å². The van der Waals surface area contributed by atoms with E-state index in [2.05, 4.69) is 6.92 Å². The van der Waals surface area contributed by atoms with E-state index in [1.165, 1.54) is 70.6 Å². The standard InChI is InChI=1S/C26H40O3/c1-2-3-4-5-6-7-8-9-10-11-12-15-18-29-26-17-14-13-16-25(26)22-19-23(27)21-24(28)20-22/h13-14,16-17,22H,2-12,15,18-21H2,1H3. The lowest BCUT2D eigenvalue weighted by atomic mass is 9.82. The second-order valence-electron chi connectivity index (χ2n) is 8.63. The Balaban J connectivity index is 1.56. The maximum absolute atomic E-state index is 11.8. The first-order valence-electron chi connectivity index (χ1n) is 12.0. The average Bonchev–Trinajstić information content (AvgIpc) is 2.71. The maximum atomic E-state index is 11.8. The Morgan fingerprint density at radius 1 is 0.759 bits per heavy atom. The summed E-state index contributed by atoms with van der Waals surface area (Å²) >= 11 is 0. The summed E-state index contributed by atoms with van der Waals surface area (Å²) in [5.74, 6) is 0.953.